The highest BCUT2D eigenvalue weighted by Gasteiger charge is 2.08. The topological polar surface area (TPSA) is 70.2 Å². The second-order valence-electron chi connectivity index (χ2n) is 4.33. The van der Waals surface area contributed by atoms with E-state index < -0.39 is 0 Å². The Balaban J connectivity index is 2.71. The van der Waals surface area contributed by atoms with Crippen LogP contribution in [0.4, 0.5) is 5.69 Å². The van der Waals surface area contributed by atoms with Gasteiger partial charge in [-0.15, -0.1) is 0 Å². The van der Waals surface area contributed by atoms with E-state index in [9.17, 15) is 9.59 Å². The van der Waals surface area contributed by atoms with Crippen molar-refractivity contribution in [2.75, 3.05) is 25.5 Å². The number of carbonyl (C=O) groups excluding carboxylic acids is 2. The number of anilines is 1. The van der Waals surface area contributed by atoms with Gasteiger partial charge in [-0.05, 0) is 37.6 Å². The first-order valence-electron chi connectivity index (χ1n) is 6.41. The molecule has 0 spiro atoms. The maximum absolute atomic E-state index is 11.7. The number of aryl methyl sites for hydroxylation is 1. The summed E-state index contributed by atoms with van der Waals surface area (Å²) in [6, 6.07) is 5.24. The Bertz CT molecular complexity index is 458. The van der Waals surface area contributed by atoms with Gasteiger partial charge in [0, 0.05) is 18.3 Å². The molecule has 3 N–H and O–H groups in total. The number of hydrogen-bond donors (Lipinski definition) is 3. The van der Waals surface area contributed by atoms with Crippen molar-refractivity contribution >= 4 is 17.5 Å². The number of nitrogens with one attached hydrogen (secondary N) is 3. The van der Waals surface area contributed by atoms with Crippen LogP contribution in [0.3, 0.4) is 0 Å². The number of amides is 2. The molecular formula is C14H21N3O2. The van der Waals surface area contributed by atoms with Crippen molar-refractivity contribution in [3.63, 3.8) is 0 Å². The van der Waals surface area contributed by atoms with Crippen LogP contribution < -0.4 is 16.0 Å². The first-order chi connectivity index (χ1) is 9.08. The Morgan fingerprint density at radius 2 is 2.00 bits per heavy atom. The van der Waals surface area contributed by atoms with Gasteiger partial charge in [0.05, 0.1) is 6.54 Å². The molecule has 0 aliphatic heterocycles. The van der Waals surface area contributed by atoms with E-state index in [0.717, 1.165) is 18.5 Å². The standard InChI is InChI=1S/C14H21N3O2/c1-4-7-16-9-13(18)17-12-8-11(14(19)15-3)6-5-10(12)2/h5-6,8,16H,4,7,9H2,1-3H3,(H,15,19)(H,17,18). The minimum Gasteiger partial charge on any atom is -0.355 e. The van der Waals surface area contributed by atoms with Crippen molar-refractivity contribution in [2.24, 2.45) is 0 Å². The first-order valence-corrected chi connectivity index (χ1v) is 6.41. The quantitative estimate of drug-likeness (QED) is 0.677. The summed E-state index contributed by atoms with van der Waals surface area (Å²) >= 11 is 0. The van der Waals surface area contributed by atoms with Crippen molar-refractivity contribution in [3.05, 3.63) is 29.3 Å². The average Bonchev–Trinajstić information content (AvgIpc) is 2.40. The zero-order valence-electron chi connectivity index (χ0n) is 11.7. The highest BCUT2D eigenvalue weighted by atomic mass is 16.2. The van der Waals surface area contributed by atoms with Crippen LogP contribution >= 0.6 is 0 Å². The molecule has 0 aliphatic carbocycles. The molecule has 0 saturated heterocycles. The highest BCUT2D eigenvalue weighted by Crippen LogP contribution is 2.16. The fourth-order valence-electron chi connectivity index (χ4n) is 1.62. The Kier molecular flexibility index (Phi) is 6.02. The minimum absolute atomic E-state index is 0.106. The summed E-state index contributed by atoms with van der Waals surface area (Å²) < 4.78 is 0. The van der Waals surface area contributed by atoms with E-state index in [-0.39, 0.29) is 18.4 Å². The summed E-state index contributed by atoms with van der Waals surface area (Å²) in [7, 11) is 1.58. The van der Waals surface area contributed by atoms with Crippen LogP contribution in [0.1, 0.15) is 29.3 Å². The van der Waals surface area contributed by atoms with Gasteiger partial charge in [0.1, 0.15) is 0 Å². The zero-order chi connectivity index (χ0) is 14.3. The number of carbonyl (C=O) groups is 2. The molecule has 0 unspecified atom stereocenters. The fraction of sp³-hybridized carbons (Fsp3) is 0.429. The molecular weight excluding hydrogens is 242 g/mol. The van der Waals surface area contributed by atoms with E-state index in [1.54, 1.807) is 19.2 Å². The maximum atomic E-state index is 11.7. The van der Waals surface area contributed by atoms with Gasteiger partial charge in [0.25, 0.3) is 5.91 Å². The Morgan fingerprint density at radius 3 is 2.63 bits per heavy atom. The second kappa shape index (κ2) is 7.53. The lowest BCUT2D eigenvalue weighted by molar-refractivity contribution is -0.115. The van der Waals surface area contributed by atoms with Crippen LogP contribution in [0.15, 0.2) is 18.2 Å². The summed E-state index contributed by atoms with van der Waals surface area (Å²) in [4.78, 5) is 23.3. The van der Waals surface area contributed by atoms with E-state index in [0.29, 0.717) is 11.3 Å². The molecule has 19 heavy (non-hydrogen) atoms. The molecule has 5 heteroatoms. The van der Waals surface area contributed by atoms with Crippen molar-refractivity contribution in [2.45, 2.75) is 20.3 Å². The summed E-state index contributed by atoms with van der Waals surface area (Å²) in [5.74, 6) is -0.273. The van der Waals surface area contributed by atoms with Crippen molar-refractivity contribution in [1.29, 1.82) is 0 Å². The van der Waals surface area contributed by atoms with E-state index in [2.05, 4.69) is 16.0 Å². The predicted molar refractivity (Wildman–Crippen MR) is 76.4 cm³/mol. The third kappa shape index (κ3) is 4.71. The fourth-order valence-corrected chi connectivity index (χ4v) is 1.62. The molecule has 0 aliphatic rings. The summed E-state index contributed by atoms with van der Waals surface area (Å²) in [6.45, 7) is 5.02. The molecule has 0 radical (unpaired) electrons. The molecule has 5 nitrogen and oxygen atoms in total. The molecule has 0 heterocycles. The lowest BCUT2D eigenvalue weighted by Crippen LogP contribution is -2.29. The van der Waals surface area contributed by atoms with Crippen LogP contribution in [0, 0.1) is 6.92 Å². The van der Waals surface area contributed by atoms with Crippen molar-refractivity contribution in [1.82, 2.24) is 10.6 Å². The number of hydrogen-bond acceptors (Lipinski definition) is 3. The van der Waals surface area contributed by atoms with E-state index in [4.69, 9.17) is 0 Å². The van der Waals surface area contributed by atoms with Gasteiger partial charge in [0.2, 0.25) is 5.91 Å². The molecule has 0 bridgehead atoms. The molecule has 1 aromatic carbocycles. The van der Waals surface area contributed by atoms with Gasteiger partial charge >= 0.3 is 0 Å². The number of rotatable bonds is 6. The Morgan fingerprint density at radius 1 is 1.26 bits per heavy atom. The molecule has 1 rings (SSSR count). The lowest BCUT2D eigenvalue weighted by atomic mass is 10.1. The first kappa shape index (κ1) is 15.2. The molecule has 1 aromatic rings. The molecule has 0 atom stereocenters. The highest BCUT2D eigenvalue weighted by molar-refractivity contribution is 5.98. The second-order valence-corrected chi connectivity index (χ2v) is 4.33. The van der Waals surface area contributed by atoms with Crippen LogP contribution in [0.25, 0.3) is 0 Å². The monoisotopic (exact) mass is 263 g/mol. The largest absolute Gasteiger partial charge is 0.355 e. The predicted octanol–water partition coefficient (Wildman–Crippen LogP) is 1.29. The summed E-state index contributed by atoms with van der Waals surface area (Å²) in [5, 5.41) is 8.40. The van der Waals surface area contributed by atoms with Crippen molar-refractivity contribution < 1.29 is 9.59 Å². The zero-order valence-corrected chi connectivity index (χ0v) is 11.7. The van der Waals surface area contributed by atoms with Gasteiger partial charge in [0.15, 0.2) is 0 Å². The van der Waals surface area contributed by atoms with Gasteiger partial charge in [-0.25, -0.2) is 0 Å². The lowest BCUT2D eigenvalue weighted by Gasteiger charge is -2.10. The maximum Gasteiger partial charge on any atom is 0.251 e. The van der Waals surface area contributed by atoms with E-state index in [1.807, 2.05) is 19.9 Å². The van der Waals surface area contributed by atoms with Gasteiger partial charge in [-0.1, -0.05) is 13.0 Å². The van der Waals surface area contributed by atoms with Crippen LogP contribution in [-0.4, -0.2) is 32.0 Å². The van der Waals surface area contributed by atoms with Gasteiger partial charge < -0.3 is 16.0 Å². The smallest absolute Gasteiger partial charge is 0.251 e. The van der Waals surface area contributed by atoms with Gasteiger partial charge in [-0.3, -0.25) is 9.59 Å². The normalized spacial score (nSPS) is 10.1. The van der Waals surface area contributed by atoms with E-state index in [1.165, 1.54) is 0 Å². The van der Waals surface area contributed by atoms with Crippen LogP contribution in [0.5, 0.6) is 0 Å². The molecule has 2 amide bonds. The van der Waals surface area contributed by atoms with Crippen LogP contribution in [0.2, 0.25) is 0 Å². The number of benzene rings is 1. The summed E-state index contributed by atoms with van der Waals surface area (Å²) in [6.07, 6.45) is 0.985. The van der Waals surface area contributed by atoms with Gasteiger partial charge in [-0.2, -0.15) is 0 Å². The average molecular weight is 263 g/mol. The molecule has 0 fully saturated rings. The van der Waals surface area contributed by atoms with Crippen LogP contribution in [-0.2, 0) is 4.79 Å². The third-order valence-electron chi connectivity index (χ3n) is 2.71. The summed E-state index contributed by atoms with van der Waals surface area (Å²) in [5.41, 5.74) is 2.13. The SMILES string of the molecule is CCCNCC(=O)Nc1cc(C(=O)NC)ccc1C. The molecule has 0 saturated carbocycles. The minimum atomic E-state index is -0.167. The molecule has 0 aromatic heterocycles. The third-order valence-corrected chi connectivity index (χ3v) is 2.71. The Hall–Kier alpha value is -1.88. The van der Waals surface area contributed by atoms with Crippen molar-refractivity contribution in [3.8, 4) is 0 Å². The Labute approximate surface area is 113 Å². The van der Waals surface area contributed by atoms with E-state index >= 15 is 0 Å². The molecule has 104 valence electrons.